The van der Waals surface area contributed by atoms with Gasteiger partial charge in [-0.2, -0.15) is 0 Å². The van der Waals surface area contributed by atoms with Gasteiger partial charge in [0.15, 0.2) is 0 Å². The van der Waals surface area contributed by atoms with Gasteiger partial charge in [0, 0.05) is 24.0 Å². The van der Waals surface area contributed by atoms with Crippen LogP contribution in [0.4, 0.5) is 0 Å². The molecule has 0 bridgehead atoms. The summed E-state index contributed by atoms with van der Waals surface area (Å²) in [6, 6.07) is 7.54. The number of β-amino-alcohol motifs (C(OH)–C–C–N with tert-alkyl or cyclic N) is 1. The van der Waals surface area contributed by atoms with Crippen molar-refractivity contribution in [3.63, 3.8) is 0 Å². The molecular formula is C16H17ClN2O2S. The number of rotatable bonds is 3. The van der Waals surface area contributed by atoms with Gasteiger partial charge in [-0.3, -0.25) is 4.79 Å². The minimum atomic E-state index is -0.763. The van der Waals surface area contributed by atoms with Crippen LogP contribution in [0.15, 0.2) is 29.6 Å². The second-order valence-electron chi connectivity index (χ2n) is 5.86. The first-order valence-electron chi connectivity index (χ1n) is 7.14. The van der Waals surface area contributed by atoms with E-state index in [1.165, 1.54) is 11.3 Å². The molecule has 1 aliphatic heterocycles. The second kappa shape index (κ2) is 5.99. The van der Waals surface area contributed by atoms with E-state index in [0.717, 1.165) is 16.3 Å². The number of thiazole rings is 1. The van der Waals surface area contributed by atoms with E-state index in [1.807, 2.05) is 29.6 Å². The molecule has 0 saturated carbocycles. The summed E-state index contributed by atoms with van der Waals surface area (Å²) in [4.78, 5) is 18.5. The number of benzene rings is 1. The minimum absolute atomic E-state index is 0.00813. The standard InChI is InChI=1S/C16H17ClN2O2S/c1-16(21)6-7-19(10-16)14(20)8-11-9-22-15(18-11)12-4-2-3-5-13(12)17/h2-5,9,21H,6-8,10H2,1H3. The first kappa shape index (κ1) is 15.5. The number of carbonyl (C=O) groups excluding carboxylic acids is 1. The summed E-state index contributed by atoms with van der Waals surface area (Å²) in [5.74, 6) is 0.00813. The highest BCUT2D eigenvalue weighted by Gasteiger charge is 2.33. The van der Waals surface area contributed by atoms with Gasteiger partial charge in [0.25, 0.3) is 0 Å². The number of halogens is 1. The van der Waals surface area contributed by atoms with Gasteiger partial charge in [0.05, 0.1) is 22.7 Å². The van der Waals surface area contributed by atoms with Crippen LogP contribution >= 0.6 is 22.9 Å². The molecule has 6 heteroatoms. The van der Waals surface area contributed by atoms with Crippen molar-refractivity contribution in [2.24, 2.45) is 0 Å². The Bertz CT molecular complexity index is 699. The lowest BCUT2D eigenvalue weighted by molar-refractivity contribution is -0.130. The molecule has 1 N–H and O–H groups in total. The Balaban J connectivity index is 1.70. The van der Waals surface area contributed by atoms with Crippen molar-refractivity contribution in [2.45, 2.75) is 25.4 Å². The van der Waals surface area contributed by atoms with Crippen LogP contribution < -0.4 is 0 Å². The normalized spacial score (nSPS) is 21.3. The molecule has 2 aromatic rings. The van der Waals surface area contributed by atoms with Crippen LogP contribution in [-0.2, 0) is 11.2 Å². The molecule has 22 heavy (non-hydrogen) atoms. The van der Waals surface area contributed by atoms with Gasteiger partial charge < -0.3 is 10.0 Å². The molecule has 1 aromatic carbocycles. The Labute approximate surface area is 138 Å². The SMILES string of the molecule is CC1(O)CCN(C(=O)Cc2csc(-c3ccccc3Cl)n2)C1. The first-order chi connectivity index (χ1) is 10.4. The maximum Gasteiger partial charge on any atom is 0.228 e. The lowest BCUT2D eigenvalue weighted by atomic mass is 10.1. The van der Waals surface area contributed by atoms with Gasteiger partial charge in [-0.1, -0.05) is 29.8 Å². The molecule has 3 rings (SSSR count). The summed E-state index contributed by atoms with van der Waals surface area (Å²) >= 11 is 7.66. The molecular weight excluding hydrogens is 320 g/mol. The Hall–Kier alpha value is -1.43. The van der Waals surface area contributed by atoms with Crippen molar-refractivity contribution in [3.05, 3.63) is 40.4 Å². The summed E-state index contributed by atoms with van der Waals surface area (Å²) in [6.45, 7) is 2.76. The van der Waals surface area contributed by atoms with Gasteiger partial charge >= 0.3 is 0 Å². The summed E-state index contributed by atoms with van der Waals surface area (Å²) < 4.78 is 0. The lowest BCUT2D eigenvalue weighted by Gasteiger charge is -2.18. The van der Waals surface area contributed by atoms with Crippen molar-refractivity contribution < 1.29 is 9.90 Å². The molecule has 1 aromatic heterocycles. The van der Waals surface area contributed by atoms with Gasteiger partial charge in [0.2, 0.25) is 5.91 Å². The molecule has 1 atom stereocenters. The fourth-order valence-corrected chi connectivity index (χ4v) is 3.71. The van der Waals surface area contributed by atoms with Crippen molar-refractivity contribution in [1.29, 1.82) is 0 Å². The molecule has 116 valence electrons. The maximum atomic E-state index is 12.3. The summed E-state index contributed by atoms with van der Waals surface area (Å²) in [5.41, 5.74) is 0.869. The minimum Gasteiger partial charge on any atom is -0.388 e. The zero-order chi connectivity index (χ0) is 15.7. The van der Waals surface area contributed by atoms with Gasteiger partial charge in [-0.25, -0.2) is 4.98 Å². The monoisotopic (exact) mass is 336 g/mol. The van der Waals surface area contributed by atoms with E-state index in [0.29, 0.717) is 24.5 Å². The summed E-state index contributed by atoms with van der Waals surface area (Å²) in [7, 11) is 0. The van der Waals surface area contributed by atoms with Crippen molar-refractivity contribution in [2.75, 3.05) is 13.1 Å². The molecule has 4 nitrogen and oxygen atoms in total. The van der Waals surface area contributed by atoms with Crippen molar-refractivity contribution in [1.82, 2.24) is 9.88 Å². The Morgan fingerprint density at radius 1 is 1.50 bits per heavy atom. The average Bonchev–Trinajstić information content (AvgIpc) is 3.06. The molecule has 1 fully saturated rings. The number of carbonyl (C=O) groups is 1. The third-order valence-electron chi connectivity index (χ3n) is 3.79. The quantitative estimate of drug-likeness (QED) is 0.937. The first-order valence-corrected chi connectivity index (χ1v) is 8.40. The number of aliphatic hydroxyl groups is 1. The largest absolute Gasteiger partial charge is 0.388 e. The fraction of sp³-hybridized carbons (Fsp3) is 0.375. The molecule has 1 aliphatic rings. The summed E-state index contributed by atoms with van der Waals surface area (Å²) in [5, 5.41) is 13.3. The highest BCUT2D eigenvalue weighted by Crippen LogP contribution is 2.30. The molecule has 0 radical (unpaired) electrons. The zero-order valence-electron chi connectivity index (χ0n) is 12.3. The summed E-state index contributed by atoms with van der Waals surface area (Å²) in [6.07, 6.45) is 0.887. The molecule has 1 saturated heterocycles. The number of amides is 1. The lowest BCUT2D eigenvalue weighted by Crippen LogP contribution is -2.34. The Kier molecular flexibility index (Phi) is 4.21. The van der Waals surface area contributed by atoms with E-state index in [9.17, 15) is 9.90 Å². The van der Waals surface area contributed by atoms with E-state index >= 15 is 0 Å². The number of aromatic nitrogens is 1. The van der Waals surface area contributed by atoms with Crippen LogP contribution in [0.25, 0.3) is 10.6 Å². The van der Waals surface area contributed by atoms with E-state index in [4.69, 9.17) is 11.6 Å². The van der Waals surface area contributed by atoms with Gasteiger partial charge in [0.1, 0.15) is 5.01 Å². The second-order valence-corrected chi connectivity index (χ2v) is 7.13. The third-order valence-corrected chi connectivity index (χ3v) is 5.05. The predicted molar refractivity (Wildman–Crippen MR) is 88.1 cm³/mol. The molecule has 1 unspecified atom stereocenters. The van der Waals surface area contributed by atoms with Crippen LogP contribution in [0, 0.1) is 0 Å². The van der Waals surface area contributed by atoms with E-state index < -0.39 is 5.60 Å². The average molecular weight is 337 g/mol. The number of nitrogens with zero attached hydrogens (tertiary/aromatic N) is 2. The van der Waals surface area contributed by atoms with Crippen LogP contribution in [0.1, 0.15) is 19.0 Å². The zero-order valence-corrected chi connectivity index (χ0v) is 13.8. The molecule has 1 amide bonds. The number of likely N-dealkylation sites (tertiary alicyclic amines) is 1. The van der Waals surface area contributed by atoms with Crippen molar-refractivity contribution in [3.8, 4) is 10.6 Å². The van der Waals surface area contributed by atoms with Gasteiger partial charge in [-0.15, -0.1) is 11.3 Å². The van der Waals surface area contributed by atoms with Crippen molar-refractivity contribution >= 4 is 28.8 Å². The molecule has 0 aliphatic carbocycles. The van der Waals surface area contributed by atoms with E-state index in [-0.39, 0.29) is 12.3 Å². The smallest absolute Gasteiger partial charge is 0.228 e. The maximum absolute atomic E-state index is 12.3. The highest BCUT2D eigenvalue weighted by molar-refractivity contribution is 7.13. The van der Waals surface area contributed by atoms with E-state index in [2.05, 4.69) is 4.98 Å². The number of hydrogen-bond donors (Lipinski definition) is 1. The van der Waals surface area contributed by atoms with Crippen LogP contribution in [0.3, 0.4) is 0 Å². The Morgan fingerprint density at radius 2 is 2.27 bits per heavy atom. The predicted octanol–water partition coefficient (Wildman–Crippen LogP) is 2.99. The van der Waals surface area contributed by atoms with Crippen LogP contribution in [-0.4, -0.2) is 39.6 Å². The fourth-order valence-electron chi connectivity index (χ4n) is 2.57. The molecule has 2 heterocycles. The van der Waals surface area contributed by atoms with E-state index in [1.54, 1.807) is 11.8 Å². The van der Waals surface area contributed by atoms with Crippen LogP contribution in [0.2, 0.25) is 5.02 Å². The Morgan fingerprint density at radius 3 is 2.95 bits per heavy atom. The van der Waals surface area contributed by atoms with Gasteiger partial charge in [-0.05, 0) is 19.4 Å². The highest BCUT2D eigenvalue weighted by atomic mass is 35.5. The number of hydrogen-bond acceptors (Lipinski definition) is 4. The van der Waals surface area contributed by atoms with Crippen LogP contribution in [0.5, 0.6) is 0 Å². The topological polar surface area (TPSA) is 53.4 Å². The third kappa shape index (κ3) is 3.32. The molecule has 0 spiro atoms.